The highest BCUT2D eigenvalue weighted by Gasteiger charge is 2.42. The summed E-state index contributed by atoms with van der Waals surface area (Å²) in [6.45, 7) is 0.983. The molecule has 1 unspecified atom stereocenters. The predicted molar refractivity (Wildman–Crippen MR) is 149 cm³/mol. The van der Waals surface area contributed by atoms with Crippen molar-refractivity contribution in [3.63, 3.8) is 0 Å². The number of hydrogen-bond donors (Lipinski definition) is 2. The van der Waals surface area contributed by atoms with Crippen molar-refractivity contribution in [2.45, 2.75) is 38.0 Å². The summed E-state index contributed by atoms with van der Waals surface area (Å²) in [5.41, 5.74) is 5.65. The fraction of sp³-hybridized carbons (Fsp3) is 0.258. The lowest BCUT2D eigenvalue weighted by Crippen LogP contribution is -2.51. The molecule has 0 radical (unpaired) electrons. The van der Waals surface area contributed by atoms with Crippen molar-refractivity contribution in [2.24, 2.45) is 0 Å². The molecule has 8 nitrogen and oxygen atoms in total. The molecule has 0 bridgehead atoms. The number of carboxylic acid groups (broad SMARTS) is 1. The maximum Gasteiger partial charge on any atom is 0.326 e. The van der Waals surface area contributed by atoms with Crippen LogP contribution >= 0.6 is 0 Å². The molecular formula is C31H30N4O4. The van der Waals surface area contributed by atoms with E-state index in [4.69, 9.17) is 0 Å². The Balaban J connectivity index is 1.31. The number of amides is 2. The SMILES string of the molecule is CN1c2ccccc2C(=O)N2CCc3c(n(CCC(=O)N[C@@H](Cc4ccccc4)C(=O)O)c4ccccc34)C21. The molecule has 3 aromatic carbocycles. The Kier molecular flexibility index (Phi) is 6.30. The van der Waals surface area contributed by atoms with E-state index >= 15 is 0 Å². The summed E-state index contributed by atoms with van der Waals surface area (Å²) in [6.07, 6.45) is 0.764. The van der Waals surface area contributed by atoms with Crippen LogP contribution in [0.25, 0.3) is 10.9 Å². The maximum absolute atomic E-state index is 13.5. The number of carbonyl (C=O) groups is 3. The van der Waals surface area contributed by atoms with Crippen LogP contribution in [0.1, 0.15) is 39.8 Å². The second-order valence-electron chi connectivity index (χ2n) is 10.2. The number of carbonyl (C=O) groups excluding carboxylic acids is 2. The van der Waals surface area contributed by atoms with Crippen molar-refractivity contribution in [3.8, 4) is 0 Å². The first-order chi connectivity index (χ1) is 18.9. The van der Waals surface area contributed by atoms with E-state index in [-0.39, 0.29) is 30.8 Å². The Morgan fingerprint density at radius 1 is 1.00 bits per heavy atom. The molecular weight excluding hydrogens is 492 g/mol. The van der Waals surface area contributed by atoms with Crippen LogP contribution in [0.4, 0.5) is 5.69 Å². The van der Waals surface area contributed by atoms with Crippen molar-refractivity contribution < 1.29 is 19.5 Å². The zero-order valence-corrected chi connectivity index (χ0v) is 21.7. The summed E-state index contributed by atoms with van der Waals surface area (Å²) in [5, 5.41) is 13.6. The third-order valence-corrected chi connectivity index (χ3v) is 7.88. The third-order valence-electron chi connectivity index (χ3n) is 7.88. The number of fused-ring (bicyclic) bond motifs is 6. The topological polar surface area (TPSA) is 94.9 Å². The molecule has 8 heteroatoms. The highest BCUT2D eigenvalue weighted by Crippen LogP contribution is 2.44. The monoisotopic (exact) mass is 522 g/mol. The number of nitrogens with zero attached hydrogens (tertiary/aromatic N) is 3. The molecule has 0 aliphatic carbocycles. The number of nitrogens with one attached hydrogen (secondary N) is 1. The molecule has 2 amide bonds. The van der Waals surface area contributed by atoms with Crippen LogP contribution in [0.3, 0.4) is 0 Å². The molecule has 39 heavy (non-hydrogen) atoms. The van der Waals surface area contributed by atoms with Crippen LogP contribution in [0.2, 0.25) is 0 Å². The Labute approximate surface area is 226 Å². The maximum atomic E-state index is 13.5. The zero-order chi connectivity index (χ0) is 27.1. The summed E-state index contributed by atoms with van der Waals surface area (Å²) in [7, 11) is 2.01. The minimum atomic E-state index is -1.06. The van der Waals surface area contributed by atoms with Crippen LogP contribution in [-0.2, 0) is 29.0 Å². The number of aromatic nitrogens is 1. The summed E-state index contributed by atoms with van der Waals surface area (Å²) in [4.78, 5) is 42.5. The fourth-order valence-electron chi connectivity index (χ4n) is 6.08. The van der Waals surface area contributed by atoms with Gasteiger partial charge in [0.1, 0.15) is 12.2 Å². The first-order valence-electron chi connectivity index (χ1n) is 13.2. The van der Waals surface area contributed by atoms with Crippen LogP contribution in [0.5, 0.6) is 0 Å². The van der Waals surface area contributed by atoms with Gasteiger partial charge in [0.2, 0.25) is 5.91 Å². The van der Waals surface area contributed by atoms with Crippen LogP contribution < -0.4 is 10.2 Å². The Hall–Kier alpha value is -4.59. The summed E-state index contributed by atoms with van der Waals surface area (Å²) < 4.78 is 2.14. The van der Waals surface area contributed by atoms with Gasteiger partial charge in [-0.1, -0.05) is 60.7 Å². The van der Waals surface area contributed by atoms with E-state index in [2.05, 4.69) is 20.9 Å². The van der Waals surface area contributed by atoms with Gasteiger partial charge in [0.25, 0.3) is 5.91 Å². The molecule has 0 spiro atoms. The van der Waals surface area contributed by atoms with Crippen LogP contribution in [0, 0.1) is 0 Å². The second-order valence-corrected chi connectivity index (χ2v) is 10.2. The van der Waals surface area contributed by atoms with Gasteiger partial charge in [-0.15, -0.1) is 0 Å². The van der Waals surface area contributed by atoms with Gasteiger partial charge in [-0.2, -0.15) is 0 Å². The van der Waals surface area contributed by atoms with Crippen molar-refractivity contribution in [1.82, 2.24) is 14.8 Å². The van der Waals surface area contributed by atoms with Crippen molar-refractivity contribution in [3.05, 3.63) is 101 Å². The average molecular weight is 523 g/mol. The molecule has 2 aliphatic rings. The number of aliphatic carboxylic acids is 1. The molecule has 2 N–H and O–H groups in total. The molecule has 2 atom stereocenters. The number of rotatable bonds is 7. The normalized spacial score (nSPS) is 16.8. The lowest BCUT2D eigenvalue weighted by Gasteiger charge is -2.46. The number of aryl methyl sites for hydroxylation is 1. The molecule has 4 aromatic rings. The fourth-order valence-corrected chi connectivity index (χ4v) is 6.08. The van der Waals surface area contributed by atoms with Gasteiger partial charge < -0.3 is 24.8 Å². The summed E-state index contributed by atoms with van der Waals surface area (Å²) in [5.74, 6) is -1.37. The molecule has 0 saturated carbocycles. The lowest BCUT2D eigenvalue weighted by molar-refractivity contribution is -0.141. The highest BCUT2D eigenvalue weighted by atomic mass is 16.4. The van der Waals surface area contributed by atoms with E-state index in [1.165, 1.54) is 5.56 Å². The minimum absolute atomic E-state index is 0.0131. The summed E-state index contributed by atoms with van der Waals surface area (Å²) >= 11 is 0. The number of carboxylic acids is 1. The smallest absolute Gasteiger partial charge is 0.326 e. The van der Waals surface area contributed by atoms with E-state index in [9.17, 15) is 19.5 Å². The van der Waals surface area contributed by atoms with Crippen LogP contribution in [0.15, 0.2) is 78.9 Å². The van der Waals surface area contributed by atoms with Gasteiger partial charge in [-0.05, 0) is 35.7 Å². The predicted octanol–water partition coefficient (Wildman–Crippen LogP) is 3.99. The van der Waals surface area contributed by atoms with E-state index in [0.29, 0.717) is 18.7 Å². The van der Waals surface area contributed by atoms with Gasteiger partial charge in [-0.3, -0.25) is 9.59 Å². The van der Waals surface area contributed by atoms with Gasteiger partial charge >= 0.3 is 5.97 Å². The van der Waals surface area contributed by atoms with Gasteiger partial charge in [0, 0.05) is 43.9 Å². The molecule has 2 aliphatic heterocycles. The van der Waals surface area contributed by atoms with Crippen molar-refractivity contribution in [2.75, 3.05) is 18.5 Å². The number of para-hydroxylation sites is 2. The first-order valence-corrected chi connectivity index (χ1v) is 13.2. The molecule has 198 valence electrons. The van der Waals surface area contributed by atoms with E-state index in [1.54, 1.807) is 0 Å². The molecule has 0 saturated heterocycles. The molecule has 3 heterocycles. The van der Waals surface area contributed by atoms with Gasteiger partial charge in [0.15, 0.2) is 0 Å². The Bertz CT molecular complexity index is 1580. The van der Waals surface area contributed by atoms with Gasteiger partial charge in [-0.25, -0.2) is 4.79 Å². The van der Waals surface area contributed by atoms with E-state index in [1.807, 2.05) is 84.7 Å². The standard InChI is InChI=1S/C31H30N4O4/c1-33-25-13-7-6-12-23(25)30(37)35-17-15-22-21-11-5-8-14-26(21)34(28(22)29(33)35)18-16-27(36)32-24(31(38)39)19-20-9-3-2-4-10-20/h2-14,24,29H,15-19H2,1H3,(H,32,36)(H,38,39)/t24-,29?/m0/s1. The highest BCUT2D eigenvalue weighted by molar-refractivity contribution is 6.02. The van der Waals surface area contributed by atoms with Gasteiger partial charge in [0.05, 0.1) is 16.9 Å². The Morgan fingerprint density at radius 2 is 1.72 bits per heavy atom. The summed E-state index contributed by atoms with van der Waals surface area (Å²) in [6, 6.07) is 24.1. The van der Waals surface area contributed by atoms with E-state index in [0.717, 1.165) is 34.3 Å². The average Bonchev–Trinajstić information content (AvgIpc) is 3.28. The number of hydrogen-bond acceptors (Lipinski definition) is 4. The number of anilines is 1. The van der Waals surface area contributed by atoms with E-state index < -0.39 is 12.0 Å². The molecule has 6 rings (SSSR count). The second kappa shape index (κ2) is 9.94. The third kappa shape index (κ3) is 4.31. The number of benzene rings is 3. The molecule has 0 fully saturated rings. The first kappa shape index (κ1) is 24.7. The zero-order valence-electron chi connectivity index (χ0n) is 21.7. The van der Waals surface area contributed by atoms with Crippen LogP contribution in [-0.4, -0.2) is 52.0 Å². The molecule has 1 aromatic heterocycles. The minimum Gasteiger partial charge on any atom is -0.480 e. The lowest BCUT2D eigenvalue weighted by atomic mass is 9.96. The van der Waals surface area contributed by atoms with Crippen molar-refractivity contribution in [1.29, 1.82) is 0 Å². The largest absolute Gasteiger partial charge is 0.480 e. The Morgan fingerprint density at radius 3 is 2.51 bits per heavy atom. The quantitative estimate of drug-likeness (QED) is 0.383. The van der Waals surface area contributed by atoms with Crippen molar-refractivity contribution >= 4 is 34.4 Å².